The first kappa shape index (κ1) is 25.9. The van der Waals surface area contributed by atoms with Crippen molar-refractivity contribution in [1.29, 1.82) is 0 Å². The molecule has 0 amide bonds. The number of halogens is 1. The van der Waals surface area contributed by atoms with E-state index in [0.717, 1.165) is 44.8 Å². The van der Waals surface area contributed by atoms with Crippen molar-refractivity contribution in [3.8, 4) is 0 Å². The largest absolute Gasteiger partial charge is 0.383 e. The molecule has 2 heterocycles. The standard InChI is InChI=1S/C21H43N5O.HI/c1-4-22-21(23-11-7-13-26-12-6-5-8-19(26)2)24-18-20-9-14-25(15-10-20)16-17-27-3;/h19-20H,4-18H2,1-3H3,(H2,22,23,24);1H. The zero-order chi connectivity index (χ0) is 19.3. The molecule has 2 rings (SSSR count). The zero-order valence-electron chi connectivity index (χ0n) is 18.4. The average molecular weight is 510 g/mol. The molecule has 0 saturated carbocycles. The van der Waals surface area contributed by atoms with Crippen molar-refractivity contribution in [3.05, 3.63) is 0 Å². The minimum Gasteiger partial charge on any atom is -0.383 e. The summed E-state index contributed by atoms with van der Waals surface area (Å²) in [6.45, 7) is 14.1. The number of guanidine groups is 1. The van der Waals surface area contributed by atoms with Gasteiger partial charge in [0.15, 0.2) is 5.96 Å². The third-order valence-electron chi connectivity index (χ3n) is 6.03. The Kier molecular flexibility index (Phi) is 14.5. The fourth-order valence-corrected chi connectivity index (χ4v) is 4.15. The number of ether oxygens (including phenoxy) is 1. The van der Waals surface area contributed by atoms with Crippen molar-refractivity contribution in [2.24, 2.45) is 10.9 Å². The summed E-state index contributed by atoms with van der Waals surface area (Å²) >= 11 is 0. The van der Waals surface area contributed by atoms with Crippen molar-refractivity contribution in [3.63, 3.8) is 0 Å². The number of aliphatic imine (C=N–C) groups is 1. The minimum atomic E-state index is 0. The Labute approximate surface area is 190 Å². The van der Waals surface area contributed by atoms with Gasteiger partial charge in [0.25, 0.3) is 0 Å². The average Bonchev–Trinajstić information content (AvgIpc) is 2.69. The second kappa shape index (κ2) is 15.7. The fourth-order valence-electron chi connectivity index (χ4n) is 4.15. The van der Waals surface area contributed by atoms with E-state index in [1.54, 1.807) is 7.11 Å². The number of piperidine rings is 2. The summed E-state index contributed by atoms with van der Waals surface area (Å²) in [5.41, 5.74) is 0. The molecular formula is C21H44IN5O. The van der Waals surface area contributed by atoms with Crippen LogP contribution in [-0.4, -0.2) is 87.9 Å². The number of methoxy groups -OCH3 is 1. The number of nitrogens with one attached hydrogen (secondary N) is 2. The number of rotatable bonds is 10. The Morgan fingerprint density at radius 2 is 1.86 bits per heavy atom. The molecular weight excluding hydrogens is 465 g/mol. The highest BCUT2D eigenvalue weighted by molar-refractivity contribution is 14.0. The monoisotopic (exact) mass is 509 g/mol. The van der Waals surface area contributed by atoms with E-state index in [-0.39, 0.29) is 24.0 Å². The summed E-state index contributed by atoms with van der Waals surface area (Å²) in [4.78, 5) is 10.0. The molecule has 6 nitrogen and oxygen atoms in total. The molecule has 0 bridgehead atoms. The van der Waals surface area contributed by atoms with Crippen LogP contribution in [0.3, 0.4) is 0 Å². The van der Waals surface area contributed by atoms with E-state index >= 15 is 0 Å². The summed E-state index contributed by atoms with van der Waals surface area (Å²) < 4.78 is 5.19. The van der Waals surface area contributed by atoms with Crippen molar-refractivity contribution in [2.75, 3.05) is 66.1 Å². The van der Waals surface area contributed by atoms with E-state index in [4.69, 9.17) is 9.73 Å². The number of hydrogen-bond donors (Lipinski definition) is 2. The third-order valence-corrected chi connectivity index (χ3v) is 6.03. The molecule has 2 N–H and O–H groups in total. The van der Waals surface area contributed by atoms with Gasteiger partial charge in [0.05, 0.1) is 6.61 Å². The van der Waals surface area contributed by atoms with Gasteiger partial charge in [0.1, 0.15) is 0 Å². The summed E-state index contributed by atoms with van der Waals surface area (Å²) in [7, 11) is 1.78. The molecule has 0 aromatic heterocycles. The third kappa shape index (κ3) is 10.1. The number of hydrogen-bond acceptors (Lipinski definition) is 4. The first-order chi connectivity index (χ1) is 13.2. The van der Waals surface area contributed by atoms with Crippen molar-refractivity contribution in [2.45, 2.75) is 58.4 Å². The van der Waals surface area contributed by atoms with Crippen LogP contribution in [0.1, 0.15) is 52.4 Å². The summed E-state index contributed by atoms with van der Waals surface area (Å²) in [6.07, 6.45) is 7.82. The lowest BCUT2D eigenvalue weighted by atomic mass is 9.97. The van der Waals surface area contributed by atoms with Gasteiger partial charge in [-0.05, 0) is 71.5 Å². The van der Waals surface area contributed by atoms with Crippen LogP contribution in [-0.2, 0) is 4.74 Å². The van der Waals surface area contributed by atoms with Crippen LogP contribution in [0.2, 0.25) is 0 Å². The Morgan fingerprint density at radius 3 is 2.54 bits per heavy atom. The molecule has 2 fully saturated rings. The maximum atomic E-state index is 5.19. The van der Waals surface area contributed by atoms with E-state index in [0.29, 0.717) is 5.92 Å². The van der Waals surface area contributed by atoms with Crippen LogP contribution in [0.15, 0.2) is 4.99 Å². The van der Waals surface area contributed by atoms with Gasteiger partial charge in [-0.3, -0.25) is 4.99 Å². The molecule has 2 saturated heterocycles. The minimum absolute atomic E-state index is 0. The van der Waals surface area contributed by atoms with Gasteiger partial charge in [-0.1, -0.05) is 6.42 Å². The Balaban J connectivity index is 0.00000392. The van der Waals surface area contributed by atoms with Crippen LogP contribution in [0.25, 0.3) is 0 Å². The summed E-state index contributed by atoms with van der Waals surface area (Å²) in [6, 6.07) is 0.760. The Bertz CT molecular complexity index is 416. The van der Waals surface area contributed by atoms with Gasteiger partial charge in [-0.25, -0.2) is 0 Å². The van der Waals surface area contributed by atoms with E-state index in [1.807, 2.05) is 0 Å². The molecule has 166 valence electrons. The Hall–Kier alpha value is -0.120. The maximum Gasteiger partial charge on any atom is 0.191 e. The zero-order valence-corrected chi connectivity index (χ0v) is 20.7. The van der Waals surface area contributed by atoms with Crippen LogP contribution >= 0.6 is 24.0 Å². The molecule has 7 heteroatoms. The highest BCUT2D eigenvalue weighted by atomic mass is 127. The van der Waals surface area contributed by atoms with Gasteiger partial charge in [0.2, 0.25) is 0 Å². The van der Waals surface area contributed by atoms with E-state index in [9.17, 15) is 0 Å². The quantitative estimate of drug-likeness (QED) is 0.205. The molecule has 2 aliphatic heterocycles. The topological polar surface area (TPSA) is 52.1 Å². The first-order valence-electron chi connectivity index (χ1n) is 11.2. The summed E-state index contributed by atoms with van der Waals surface area (Å²) in [5, 5.41) is 6.94. The second-order valence-electron chi connectivity index (χ2n) is 8.16. The van der Waals surface area contributed by atoms with E-state index in [1.165, 1.54) is 64.7 Å². The maximum absolute atomic E-state index is 5.19. The van der Waals surface area contributed by atoms with Gasteiger partial charge in [0, 0.05) is 45.9 Å². The number of likely N-dealkylation sites (tertiary alicyclic amines) is 2. The van der Waals surface area contributed by atoms with Crippen LogP contribution in [0, 0.1) is 5.92 Å². The molecule has 0 aliphatic carbocycles. The van der Waals surface area contributed by atoms with Crippen LogP contribution < -0.4 is 10.6 Å². The Morgan fingerprint density at radius 1 is 1.07 bits per heavy atom. The lowest BCUT2D eigenvalue weighted by molar-refractivity contribution is 0.121. The lowest BCUT2D eigenvalue weighted by Gasteiger charge is -2.33. The predicted octanol–water partition coefficient (Wildman–Crippen LogP) is 2.78. The molecule has 1 unspecified atom stereocenters. The fraction of sp³-hybridized carbons (Fsp3) is 0.952. The smallest absolute Gasteiger partial charge is 0.191 e. The molecule has 0 aromatic rings. The van der Waals surface area contributed by atoms with E-state index in [2.05, 4.69) is 34.3 Å². The van der Waals surface area contributed by atoms with Crippen molar-refractivity contribution >= 4 is 29.9 Å². The van der Waals surface area contributed by atoms with Gasteiger partial charge in [-0.15, -0.1) is 24.0 Å². The molecule has 0 spiro atoms. The van der Waals surface area contributed by atoms with Gasteiger partial charge in [-0.2, -0.15) is 0 Å². The van der Waals surface area contributed by atoms with Crippen molar-refractivity contribution in [1.82, 2.24) is 20.4 Å². The van der Waals surface area contributed by atoms with E-state index < -0.39 is 0 Å². The first-order valence-corrected chi connectivity index (χ1v) is 11.2. The number of nitrogens with zero attached hydrogens (tertiary/aromatic N) is 3. The second-order valence-corrected chi connectivity index (χ2v) is 8.16. The van der Waals surface area contributed by atoms with Gasteiger partial charge >= 0.3 is 0 Å². The molecule has 1 atom stereocenters. The molecule has 0 aromatic carbocycles. The normalized spacial score (nSPS) is 22.7. The highest BCUT2D eigenvalue weighted by Crippen LogP contribution is 2.17. The predicted molar refractivity (Wildman–Crippen MR) is 130 cm³/mol. The SMILES string of the molecule is CCNC(=NCC1CCN(CCOC)CC1)NCCCN1CCCCC1C.I. The van der Waals surface area contributed by atoms with Crippen LogP contribution in [0.4, 0.5) is 0 Å². The molecule has 2 aliphatic rings. The van der Waals surface area contributed by atoms with Crippen LogP contribution in [0.5, 0.6) is 0 Å². The highest BCUT2D eigenvalue weighted by Gasteiger charge is 2.19. The molecule has 28 heavy (non-hydrogen) atoms. The molecule has 0 radical (unpaired) electrons. The summed E-state index contributed by atoms with van der Waals surface area (Å²) in [5.74, 6) is 1.71. The van der Waals surface area contributed by atoms with Gasteiger partial charge < -0.3 is 25.2 Å². The van der Waals surface area contributed by atoms with Crippen molar-refractivity contribution < 1.29 is 4.74 Å². The lowest BCUT2D eigenvalue weighted by Crippen LogP contribution is -2.41.